The quantitative estimate of drug-likeness (QED) is 0.252. The van der Waals surface area contributed by atoms with Crippen molar-refractivity contribution in [3.05, 3.63) is 56.3 Å². The van der Waals surface area contributed by atoms with Crippen molar-refractivity contribution in [1.82, 2.24) is 9.78 Å². The summed E-state index contributed by atoms with van der Waals surface area (Å²) in [5.41, 5.74) is 1.36. The second-order valence-corrected chi connectivity index (χ2v) is 7.32. The van der Waals surface area contributed by atoms with Crippen molar-refractivity contribution in [2.45, 2.75) is 53.8 Å². The van der Waals surface area contributed by atoms with Crippen molar-refractivity contribution in [2.24, 2.45) is 0 Å². The average Bonchev–Trinajstić information content (AvgIpc) is 3.08. The third-order valence-electron chi connectivity index (χ3n) is 4.90. The van der Waals surface area contributed by atoms with Crippen molar-refractivity contribution in [2.75, 3.05) is 0 Å². The molecule has 0 fully saturated rings. The molecule has 32 heavy (non-hydrogen) atoms. The minimum atomic E-state index is -5.27. The topological polar surface area (TPSA) is 104 Å². The minimum absolute atomic E-state index is 0.0200. The summed E-state index contributed by atoms with van der Waals surface area (Å²) >= 11 is 0. The lowest BCUT2D eigenvalue weighted by molar-refractivity contribution is -0.385. The van der Waals surface area contributed by atoms with E-state index >= 15 is 0 Å². The molecule has 1 aromatic carbocycles. The number of aromatic nitrogens is 2. The molecule has 172 valence electrons. The highest BCUT2D eigenvalue weighted by molar-refractivity contribution is 6.12. The van der Waals surface area contributed by atoms with Crippen LogP contribution in [0, 0.1) is 17.0 Å². The number of rotatable bonds is 7. The number of benzene rings is 1. The Kier molecular flexibility index (Phi) is 7.22. The highest BCUT2D eigenvalue weighted by Gasteiger charge is 2.43. The van der Waals surface area contributed by atoms with Crippen molar-refractivity contribution < 1.29 is 32.4 Å². The van der Waals surface area contributed by atoms with Gasteiger partial charge in [-0.15, -0.1) is 0 Å². The minimum Gasteiger partial charge on any atom is -0.400 e. The van der Waals surface area contributed by atoms with Crippen molar-refractivity contribution in [1.29, 1.82) is 0 Å². The molecule has 0 spiro atoms. The Morgan fingerprint density at radius 1 is 1.19 bits per heavy atom. The maximum Gasteiger partial charge on any atom is 0.491 e. The molecule has 0 saturated heterocycles. The van der Waals surface area contributed by atoms with Crippen LogP contribution in [0.5, 0.6) is 5.88 Å². The molecule has 0 bridgehead atoms. The average molecular weight is 453 g/mol. The van der Waals surface area contributed by atoms with Gasteiger partial charge in [-0.05, 0) is 51.3 Å². The number of carbonyl (C=O) groups excluding carboxylic acids is 2. The van der Waals surface area contributed by atoms with Gasteiger partial charge in [0.2, 0.25) is 5.88 Å². The first-order valence-electron chi connectivity index (χ1n) is 9.63. The standard InChI is InChI=1S/C21H22F3N3O5/c1-6-9-26-19(32-20(29)21(22,23)24)15(10-25-26)18(28)14-7-8-16(27(30)31)17(13(14)5)12(4)11(2)3/h7-8,10H,6,9H2,1-5H3. The fourth-order valence-electron chi connectivity index (χ4n) is 3.12. The molecule has 0 aliphatic carbocycles. The number of nitrogens with zero attached hydrogens (tertiary/aromatic N) is 3. The van der Waals surface area contributed by atoms with E-state index in [0.29, 0.717) is 12.0 Å². The van der Waals surface area contributed by atoms with Crippen molar-refractivity contribution >= 4 is 23.0 Å². The number of nitro groups is 1. The molecule has 8 nitrogen and oxygen atoms in total. The molecule has 0 saturated carbocycles. The van der Waals surface area contributed by atoms with E-state index in [1.807, 2.05) is 0 Å². The second kappa shape index (κ2) is 9.33. The summed E-state index contributed by atoms with van der Waals surface area (Å²) in [5.74, 6) is -3.88. The molecule has 1 aromatic heterocycles. The Morgan fingerprint density at radius 2 is 1.81 bits per heavy atom. The number of alkyl halides is 3. The molecule has 0 amide bonds. The molecule has 0 aliphatic heterocycles. The van der Waals surface area contributed by atoms with Crippen molar-refractivity contribution in [3.63, 3.8) is 0 Å². The number of carbonyl (C=O) groups is 2. The monoisotopic (exact) mass is 453 g/mol. The normalized spacial score (nSPS) is 11.2. The molecule has 11 heteroatoms. The summed E-state index contributed by atoms with van der Waals surface area (Å²) in [6, 6.07) is 2.39. The van der Waals surface area contributed by atoms with Crippen LogP contribution in [-0.2, 0) is 11.3 Å². The molecule has 0 atom stereocenters. The van der Waals surface area contributed by atoms with E-state index < -0.39 is 28.7 Å². The lowest BCUT2D eigenvalue weighted by atomic mass is 9.90. The molecule has 2 aromatic rings. The number of esters is 1. The number of halogens is 3. The van der Waals surface area contributed by atoms with E-state index in [4.69, 9.17) is 0 Å². The van der Waals surface area contributed by atoms with Crippen LogP contribution in [0.4, 0.5) is 18.9 Å². The van der Waals surface area contributed by atoms with E-state index in [1.165, 1.54) is 19.1 Å². The van der Waals surface area contributed by atoms with Gasteiger partial charge in [0.25, 0.3) is 5.69 Å². The zero-order chi connectivity index (χ0) is 24.4. The molecule has 0 aliphatic rings. The van der Waals surface area contributed by atoms with Gasteiger partial charge in [-0.3, -0.25) is 14.9 Å². The Morgan fingerprint density at radius 3 is 2.31 bits per heavy atom. The molecule has 2 rings (SSSR count). The van der Waals surface area contributed by atoms with Crippen LogP contribution >= 0.6 is 0 Å². The van der Waals surface area contributed by atoms with Gasteiger partial charge in [-0.25, -0.2) is 9.48 Å². The zero-order valence-corrected chi connectivity index (χ0v) is 18.2. The Bertz CT molecular complexity index is 1110. The summed E-state index contributed by atoms with van der Waals surface area (Å²) in [7, 11) is 0. The maximum absolute atomic E-state index is 13.3. The van der Waals surface area contributed by atoms with E-state index in [1.54, 1.807) is 27.7 Å². The fourth-order valence-corrected chi connectivity index (χ4v) is 3.12. The van der Waals surface area contributed by atoms with Crippen LogP contribution in [0.1, 0.15) is 61.2 Å². The second-order valence-electron chi connectivity index (χ2n) is 7.32. The molecular formula is C21H22F3N3O5. The number of allylic oxidation sites excluding steroid dienone is 2. The maximum atomic E-state index is 13.3. The SMILES string of the molecule is CCCn1ncc(C(=O)c2ccc([N+](=O)[O-])c(C(C)=C(C)C)c2C)c1OC(=O)C(F)(F)F. The largest absolute Gasteiger partial charge is 0.491 e. The lowest BCUT2D eigenvalue weighted by Gasteiger charge is -2.14. The number of ketones is 1. The van der Waals surface area contributed by atoms with E-state index in [0.717, 1.165) is 16.5 Å². The van der Waals surface area contributed by atoms with Gasteiger partial charge in [-0.2, -0.15) is 18.3 Å². The van der Waals surface area contributed by atoms with Gasteiger partial charge in [0.05, 0.1) is 16.7 Å². The van der Waals surface area contributed by atoms with E-state index in [9.17, 15) is 32.9 Å². The number of ether oxygens (including phenoxy) is 1. The van der Waals surface area contributed by atoms with Gasteiger partial charge in [0, 0.05) is 18.2 Å². The Hall–Kier alpha value is -3.50. The lowest BCUT2D eigenvalue weighted by Crippen LogP contribution is -2.29. The van der Waals surface area contributed by atoms with Gasteiger partial charge in [0.1, 0.15) is 5.56 Å². The first-order chi connectivity index (χ1) is 14.8. The summed E-state index contributed by atoms with van der Waals surface area (Å²) in [6.45, 7) is 8.55. The summed E-state index contributed by atoms with van der Waals surface area (Å²) in [4.78, 5) is 35.6. The zero-order valence-electron chi connectivity index (χ0n) is 18.2. The van der Waals surface area contributed by atoms with E-state index in [-0.39, 0.29) is 34.5 Å². The molecule has 0 radical (unpaired) electrons. The smallest absolute Gasteiger partial charge is 0.400 e. The Labute approximate surface area is 181 Å². The van der Waals surface area contributed by atoms with Crippen LogP contribution in [0.2, 0.25) is 0 Å². The summed E-state index contributed by atoms with van der Waals surface area (Å²) in [6.07, 6.45) is -3.80. The highest BCUT2D eigenvalue weighted by atomic mass is 19.4. The third-order valence-corrected chi connectivity index (χ3v) is 4.90. The summed E-state index contributed by atoms with van der Waals surface area (Å²) < 4.78 is 43.8. The first kappa shape index (κ1) is 24.8. The predicted octanol–water partition coefficient (Wildman–Crippen LogP) is 5.02. The third kappa shape index (κ3) is 4.87. The number of hydrogen-bond acceptors (Lipinski definition) is 6. The van der Waals surface area contributed by atoms with Crippen molar-refractivity contribution in [3.8, 4) is 5.88 Å². The van der Waals surface area contributed by atoms with Crippen LogP contribution in [0.15, 0.2) is 23.9 Å². The molecule has 1 heterocycles. The highest BCUT2D eigenvalue weighted by Crippen LogP contribution is 2.35. The molecule has 0 N–H and O–H groups in total. The predicted molar refractivity (Wildman–Crippen MR) is 109 cm³/mol. The Balaban J connectivity index is 2.68. The van der Waals surface area contributed by atoms with Gasteiger partial charge >= 0.3 is 12.1 Å². The van der Waals surface area contributed by atoms with Crippen LogP contribution in [0.3, 0.4) is 0 Å². The van der Waals surface area contributed by atoms with Gasteiger partial charge in [-0.1, -0.05) is 12.5 Å². The van der Waals surface area contributed by atoms with Crippen LogP contribution < -0.4 is 4.74 Å². The molecular weight excluding hydrogens is 431 g/mol. The fraction of sp³-hybridized carbons (Fsp3) is 0.381. The first-order valence-corrected chi connectivity index (χ1v) is 9.63. The van der Waals surface area contributed by atoms with Gasteiger partial charge in [0.15, 0.2) is 5.78 Å². The van der Waals surface area contributed by atoms with E-state index in [2.05, 4.69) is 9.84 Å². The van der Waals surface area contributed by atoms with Gasteiger partial charge < -0.3 is 4.74 Å². The molecule has 0 unspecified atom stereocenters. The summed E-state index contributed by atoms with van der Waals surface area (Å²) in [5, 5.41) is 15.4. The number of nitro benzene ring substituents is 1. The number of aryl methyl sites for hydroxylation is 1. The number of hydrogen-bond donors (Lipinski definition) is 0. The van der Waals surface area contributed by atoms with Crippen LogP contribution in [0.25, 0.3) is 5.57 Å². The van der Waals surface area contributed by atoms with Crippen LogP contribution in [-0.4, -0.2) is 32.6 Å².